The second kappa shape index (κ2) is 10.2. The number of hydrogen-bond donors (Lipinski definition) is 2. The second-order valence-corrected chi connectivity index (χ2v) is 8.17. The van der Waals surface area contributed by atoms with E-state index >= 15 is 0 Å². The monoisotopic (exact) mass is 443 g/mol. The largest absolute Gasteiger partial charge is 0.489 e. The van der Waals surface area contributed by atoms with Crippen LogP contribution in [-0.4, -0.2) is 49.0 Å². The number of nitrogens with zero attached hydrogens (tertiary/aromatic N) is 1. The molecule has 0 radical (unpaired) electrons. The zero-order valence-corrected chi connectivity index (χ0v) is 19.3. The highest BCUT2D eigenvalue weighted by Crippen LogP contribution is 2.40. The number of carbonyl (C=O) groups excluding carboxylic acids is 2. The minimum atomic E-state index is -0.284. The van der Waals surface area contributed by atoms with Gasteiger partial charge < -0.3 is 20.3 Å². The van der Waals surface area contributed by atoms with Crippen molar-refractivity contribution in [2.75, 3.05) is 31.5 Å². The summed E-state index contributed by atoms with van der Waals surface area (Å²) in [5, 5.41) is 6.10. The highest BCUT2D eigenvalue weighted by atomic mass is 35.5. The minimum absolute atomic E-state index is 0.0196. The van der Waals surface area contributed by atoms with Gasteiger partial charge in [0.2, 0.25) is 0 Å². The van der Waals surface area contributed by atoms with E-state index < -0.39 is 0 Å². The Hall–Kier alpha value is -2.57. The zero-order chi connectivity index (χ0) is 22.5. The zero-order valence-electron chi connectivity index (χ0n) is 18.5. The van der Waals surface area contributed by atoms with Crippen molar-refractivity contribution in [3.63, 3.8) is 0 Å². The van der Waals surface area contributed by atoms with Gasteiger partial charge >= 0.3 is 0 Å². The molecule has 0 fully saturated rings. The Bertz CT molecular complexity index is 959. The fourth-order valence-corrected chi connectivity index (χ4v) is 3.91. The van der Waals surface area contributed by atoms with Gasteiger partial charge in [-0.15, -0.1) is 0 Å². The van der Waals surface area contributed by atoms with Crippen molar-refractivity contribution < 1.29 is 14.3 Å². The molecule has 0 spiro atoms. The van der Waals surface area contributed by atoms with Crippen molar-refractivity contribution in [3.05, 3.63) is 58.1 Å². The number of anilines is 1. The normalized spacial score (nSPS) is 17.2. The predicted molar refractivity (Wildman–Crippen MR) is 124 cm³/mol. The molecule has 1 aliphatic rings. The first-order valence-electron chi connectivity index (χ1n) is 10.8. The molecule has 166 valence electrons. The standard InChI is InChI=1S/C24H30ClN3O3/c1-5-28(6-2)13-12-26-23(29)20-14-17(10-11-21(20)25)27-24(30)19-9-7-8-18-15(3)16(4)31-22(18)19/h7-11,14-16H,5-6,12-13H2,1-4H3,(H,26,29)(H,27,30). The smallest absolute Gasteiger partial charge is 0.259 e. The first kappa shape index (κ1) is 23.1. The molecule has 7 heteroatoms. The van der Waals surface area contributed by atoms with E-state index in [9.17, 15) is 9.59 Å². The molecule has 31 heavy (non-hydrogen) atoms. The molecule has 2 atom stereocenters. The average Bonchev–Trinajstić information content (AvgIpc) is 3.06. The molecule has 0 aromatic heterocycles. The lowest BCUT2D eigenvalue weighted by Crippen LogP contribution is -2.34. The lowest BCUT2D eigenvalue weighted by molar-refractivity contribution is 0.0947. The number of nitrogens with one attached hydrogen (secondary N) is 2. The number of likely N-dealkylation sites (N-methyl/N-ethyl adjacent to an activating group) is 1. The van der Waals surface area contributed by atoms with Gasteiger partial charge in [0.1, 0.15) is 11.9 Å². The Morgan fingerprint density at radius 3 is 2.52 bits per heavy atom. The van der Waals surface area contributed by atoms with E-state index in [2.05, 4.69) is 36.3 Å². The summed E-state index contributed by atoms with van der Waals surface area (Å²) in [5.74, 6) is 0.307. The third kappa shape index (κ3) is 5.20. The van der Waals surface area contributed by atoms with E-state index in [-0.39, 0.29) is 23.8 Å². The van der Waals surface area contributed by atoms with Gasteiger partial charge in [-0.25, -0.2) is 0 Å². The lowest BCUT2D eigenvalue weighted by atomic mass is 9.97. The second-order valence-electron chi connectivity index (χ2n) is 7.77. The lowest BCUT2D eigenvalue weighted by Gasteiger charge is -2.18. The maximum atomic E-state index is 12.9. The highest BCUT2D eigenvalue weighted by Gasteiger charge is 2.31. The van der Waals surface area contributed by atoms with Crippen molar-refractivity contribution in [1.82, 2.24) is 10.2 Å². The summed E-state index contributed by atoms with van der Waals surface area (Å²) in [7, 11) is 0. The molecule has 2 aromatic rings. The summed E-state index contributed by atoms with van der Waals surface area (Å²) in [4.78, 5) is 27.8. The minimum Gasteiger partial charge on any atom is -0.489 e. The van der Waals surface area contributed by atoms with E-state index in [1.54, 1.807) is 24.3 Å². The van der Waals surface area contributed by atoms with E-state index in [4.69, 9.17) is 16.3 Å². The van der Waals surface area contributed by atoms with Crippen LogP contribution < -0.4 is 15.4 Å². The summed E-state index contributed by atoms with van der Waals surface area (Å²) in [6.07, 6.45) is 0.0196. The van der Waals surface area contributed by atoms with Crippen LogP contribution in [0.5, 0.6) is 5.75 Å². The molecule has 1 heterocycles. The molecule has 2 amide bonds. The highest BCUT2D eigenvalue weighted by molar-refractivity contribution is 6.34. The molecule has 2 unspecified atom stereocenters. The van der Waals surface area contributed by atoms with Crippen molar-refractivity contribution in [2.45, 2.75) is 39.7 Å². The Kier molecular flexibility index (Phi) is 7.57. The molecule has 0 aliphatic carbocycles. The fourth-order valence-electron chi connectivity index (χ4n) is 3.70. The van der Waals surface area contributed by atoms with Crippen LogP contribution in [0.4, 0.5) is 5.69 Å². The van der Waals surface area contributed by atoms with Crippen LogP contribution in [0.1, 0.15) is 59.9 Å². The summed E-state index contributed by atoms with van der Waals surface area (Å²) in [6.45, 7) is 11.4. The quantitative estimate of drug-likeness (QED) is 0.628. The average molecular weight is 444 g/mol. The first-order valence-corrected chi connectivity index (χ1v) is 11.1. The van der Waals surface area contributed by atoms with E-state index in [0.717, 1.165) is 25.2 Å². The van der Waals surface area contributed by atoms with Crippen LogP contribution in [0.25, 0.3) is 0 Å². The molecule has 2 N–H and O–H groups in total. The number of fused-ring (bicyclic) bond motifs is 1. The molecule has 0 bridgehead atoms. The Balaban J connectivity index is 1.71. The van der Waals surface area contributed by atoms with Crippen molar-refractivity contribution in [2.24, 2.45) is 0 Å². The van der Waals surface area contributed by atoms with Gasteiger partial charge in [-0.05, 0) is 44.3 Å². The van der Waals surface area contributed by atoms with Crippen LogP contribution in [0.15, 0.2) is 36.4 Å². The summed E-state index contributed by atoms with van der Waals surface area (Å²) in [6, 6.07) is 10.5. The number of para-hydroxylation sites is 1. The Morgan fingerprint density at radius 2 is 1.81 bits per heavy atom. The van der Waals surface area contributed by atoms with Crippen LogP contribution in [0.3, 0.4) is 0 Å². The van der Waals surface area contributed by atoms with Gasteiger partial charge in [0.25, 0.3) is 11.8 Å². The molecule has 1 aliphatic heterocycles. The van der Waals surface area contributed by atoms with Gasteiger partial charge in [-0.2, -0.15) is 0 Å². The van der Waals surface area contributed by atoms with E-state index in [1.165, 1.54) is 0 Å². The maximum Gasteiger partial charge on any atom is 0.259 e. The van der Waals surface area contributed by atoms with Gasteiger partial charge in [0.05, 0.1) is 16.1 Å². The third-order valence-corrected chi connectivity index (χ3v) is 6.20. The molecule has 0 saturated carbocycles. The first-order chi connectivity index (χ1) is 14.8. The third-order valence-electron chi connectivity index (χ3n) is 5.87. The summed E-state index contributed by atoms with van der Waals surface area (Å²) in [5.41, 5.74) is 2.34. The number of amides is 2. The van der Waals surface area contributed by atoms with Crippen molar-refractivity contribution in [3.8, 4) is 5.75 Å². The van der Waals surface area contributed by atoms with Gasteiger partial charge in [0, 0.05) is 30.3 Å². The molecular formula is C24H30ClN3O3. The van der Waals surface area contributed by atoms with Crippen LogP contribution in [0.2, 0.25) is 5.02 Å². The van der Waals surface area contributed by atoms with E-state index in [1.807, 2.05) is 19.1 Å². The number of benzene rings is 2. The van der Waals surface area contributed by atoms with Gasteiger partial charge in [-0.3, -0.25) is 9.59 Å². The molecular weight excluding hydrogens is 414 g/mol. The number of halogens is 1. The number of ether oxygens (including phenoxy) is 1. The summed E-state index contributed by atoms with van der Waals surface area (Å²) < 4.78 is 5.92. The van der Waals surface area contributed by atoms with Gasteiger partial charge in [0.15, 0.2) is 0 Å². The number of rotatable bonds is 8. The van der Waals surface area contributed by atoms with Crippen molar-refractivity contribution in [1.29, 1.82) is 0 Å². The van der Waals surface area contributed by atoms with Crippen LogP contribution >= 0.6 is 11.6 Å². The van der Waals surface area contributed by atoms with Gasteiger partial charge in [-0.1, -0.05) is 44.5 Å². The van der Waals surface area contributed by atoms with Crippen molar-refractivity contribution >= 4 is 29.1 Å². The molecule has 3 rings (SSSR count). The van der Waals surface area contributed by atoms with Crippen LogP contribution in [-0.2, 0) is 0 Å². The van der Waals surface area contributed by atoms with E-state index in [0.29, 0.717) is 34.1 Å². The molecule has 2 aromatic carbocycles. The number of hydrogen-bond acceptors (Lipinski definition) is 4. The fraction of sp³-hybridized carbons (Fsp3) is 0.417. The summed E-state index contributed by atoms with van der Waals surface area (Å²) >= 11 is 6.25. The Labute approximate surface area is 188 Å². The Morgan fingerprint density at radius 1 is 1.06 bits per heavy atom. The molecule has 6 nitrogen and oxygen atoms in total. The maximum absolute atomic E-state index is 12.9. The predicted octanol–water partition coefficient (Wildman–Crippen LogP) is 4.55. The topological polar surface area (TPSA) is 70.7 Å². The van der Waals surface area contributed by atoms with Crippen LogP contribution in [0, 0.1) is 0 Å². The number of carbonyl (C=O) groups is 2. The molecule has 0 saturated heterocycles. The SMILES string of the molecule is CCN(CC)CCNC(=O)c1cc(NC(=O)c2cccc3c2OC(C)C3C)ccc1Cl.